The Labute approximate surface area is 172 Å². The normalized spacial score (nSPS) is 12.6. The molecule has 1 heterocycles. The summed E-state index contributed by atoms with van der Waals surface area (Å²) >= 11 is 0. The zero-order valence-corrected chi connectivity index (χ0v) is 16.1. The van der Waals surface area contributed by atoms with Gasteiger partial charge in [-0.3, -0.25) is 19.3 Å². The predicted octanol–water partition coefficient (Wildman–Crippen LogP) is 3.50. The maximum absolute atomic E-state index is 12.7. The number of ether oxygens (including phenoxy) is 1. The Hall–Kier alpha value is -4.06. The Morgan fingerprint density at radius 2 is 1.20 bits per heavy atom. The summed E-state index contributed by atoms with van der Waals surface area (Å²) in [4.78, 5) is 50.3. The van der Waals surface area contributed by atoms with Crippen LogP contribution in [0.1, 0.15) is 52.6 Å². The summed E-state index contributed by atoms with van der Waals surface area (Å²) in [5.41, 5.74) is 2.82. The average molecular weight is 399 g/mol. The number of benzene rings is 3. The molecule has 0 unspecified atom stereocenters. The molecule has 2 amide bonds. The molecule has 0 saturated heterocycles. The van der Waals surface area contributed by atoms with Crippen LogP contribution >= 0.6 is 0 Å². The largest absolute Gasteiger partial charge is 0.465 e. The van der Waals surface area contributed by atoms with Gasteiger partial charge in [0.05, 0.1) is 30.3 Å². The smallest absolute Gasteiger partial charge is 0.337 e. The molecule has 0 radical (unpaired) electrons. The van der Waals surface area contributed by atoms with Gasteiger partial charge in [0.25, 0.3) is 11.8 Å². The maximum atomic E-state index is 12.7. The fourth-order valence-corrected chi connectivity index (χ4v) is 3.37. The molecule has 148 valence electrons. The minimum Gasteiger partial charge on any atom is -0.465 e. The van der Waals surface area contributed by atoms with Crippen molar-refractivity contribution in [2.75, 3.05) is 7.11 Å². The van der Waals surface area contributed by atoms with Gasteiger partial charge in [-0.15, -0.1) is 0 Å². The van der Waals surface area contributed by atoms with Gasteiger partial charge in [0.2, 0.25) is 0 Å². The molecular weight excluding hydrogens is 382 g/mol. The van der Waals surface area contributed by atoms with Gasteiger partial charge in [-0.25, -0.2) is 4.79 Å². The van der Waals surface area contributed by atoms with Crippen LogP contribution in [0.5, 0.6) is 0 Å². The summed E-state index contributed by atoms with van der Waals surface area (Å²) in [5, 5.41) is 0. The third-order valence-electron chi connectivity index (χ3n) is 5.00. The van der Waals surface area contributed by atoms with Gasteiger partial charge >= 0.3 is 5.97 Å². The molecule has 0 saturated carbocycles. The van der Waals surface area contributed by atoms with Gasteiger partial charge in [0.15, 0.2) is 5.78 Å². The highest BCUT2D eigenvalue weighted by Gasteiger charge is 2.34. The van der Waals surface area contributed by atoms with Crippen molar-refractivity contribution < 1.29 is 23.9 Å². The lowest BCUT2D eigenvalue weighted by atomic mass is 10.0. The number of fused-ring (bicyclic) bond motifs is 1. The number of hydrogen-bond donors (Lipinski definition) is 0. The van der Waals surface area contributed by atoms with Gasteiger partial charge in [-0.2, -0.15) is 0 Å². The number of hydrogen-bond acceptors (Lipinski definition) is 5. The van der Waals surface area contributed by atoms with E-state index >= 15 is 0 Å². The number of esters is 1. The monoisotopic (exact) mass is 399 g/mol. The summed E-state index contributed by atoms with van der Waals surface area (Å²) in [6, 6.07) is 19.7. The van der Waals surface area contributed by atoms with E-state index in [-0.39, 0.29) is 24.1 Å². The van der Waals surface area contributed by atoms with Crippen LogP contribution in [0.3, 0.4) is 0 Å². The number of carbonyl (C=O) groups is 4. The summed E-state index contributed by atoms with van der Waals surface area (Å²) in [7, 11) is 1.30. The molecule has 0 spiro atoms. The van der Waals surface area contributed by atoms with Crippen LogP contribution in [0.2, 0.25) is 0 Å². The van der Waals surface area contributed by atoms with Gasteiger partial charge in [0, 0.05) is 11.1 Å². The average Bonchev–Trinajstić information content (AvgIpc) is 3.04. The molecule has 1 aliphatic heterocycles. The van der Waals surface area contributed by atoms with E-state index in [9.17, 15) is 19.2 Å². The molecule has 0 bridgehead atoms. The van der Waals surface area contributed by atoms with E-state index in [0.717, 1.165) is 5.56 Å². The first-order chi connectivity index (χ1) is 14.5. The molecule has 0 aliphatic carbocycles. The lowest BCUT2D eigenvalue weighted by molar-refractivity contribution is 0.0597. The van der Waals surface area contributed by atoms with E-state index < -0.39 is 5.97 Å². The fraction of sp³-hybridized carbons (Fsp3) is 0.0833. The van der Waals surface area contributed by atoms with Crippen molar-refractivity contribution in [1.82, 2.24) is 4.90 Å². The van der Waals surface area contributed by atoms with E-state index in [1.807, 2.05) is 0 Å². The first kappa shape index (κ1) is 19.3. The first-order valence-electron chi connectivity index (χ1n) is 9.27. The topological polar surface area (TPSA) is 80.8 Å². The molecule has 6 nitrogen and oxygen atoms in total. The van der Waals surface area contributed by atoms with E-state index in [4.69, 9.17) is 0 Å². The molecule has 4 rings (SSSR count). The van der Waals surface area contributed by atoms with Crippen LogP contribution < -0.4 is 0 Å². The molecule has 30 heavy (non-hydrogen) atoms. The van der Waals surface area contributed by atoms with Crippen LogP contribution in [-0.2, 0) is 11.3 Å². The highest BCUT2D eigenvalue weighted by atomic mass is 16.5. The van der Waals surface area contributed by atoms with Gasteiger partial charge < -0.3 is 4.74 Å². The minimum atomic E-state index is -0.466. The van der Waals surface area contributed by atoms with Crippen molar-refractivity contribution in [3.05, 3.63) is 106 Å². The molecule has 3 aromatic rings. The van der Waals surface area contributed by atoms with Crippen LogP contribution in [0.4, 0.5) is 0 Å². The molecule has 0 fully saturated rings. The van der Waals surface area contributed by atoms with Crippen LogP contribution in [0.25, 0.3) is 0 Å². The second-order valence-electron chi connectivity index (χ2n) is 6.84. The van der Waals surface area contributed by atoms with E-state index in [0.29, 0.717) is 27.8 Å². The Bertz CT molecular complexity index is 1130. The van der Waals surface area contributed by atoms with Crippen LogP contribution in [0, 0.1) is 0 Å². The Kier molecular flexibility index (Phi) is 4.98. The molecular formula is C24H17NO5. The summed E-state index contributed by atoms with van der Waals surface area (Å²) in [5.74, 6) is -1.30. The van der Waals surface area contributed by atoms with Gasteiger partial charge in [0.1, 0.15) is 0 Å². The third kappa shape index (κ3) is 3.39. The van der Waals surface area contributed by atoms with Crippen LogP contribution in [0.15, 0.2) is 72.8 Å². The lowest BCUT2D eigenvalue weighted by Gasteiger charge is -2.14. The Morgan fingerprint density at radius 1 is 0.733 bits per heavy atom. The molecule has 1 aliphatic rings. The lowest BCUT2D eigenvalue weighted by Crippen LogP contribution is -2.29. The molecule has 3 aromatic carbocycles. The molecule has 0 aromatic heterocycles. The van der Waals surface area contributed by atoms with Crippen molar-refractivity contribution in [3.63, 3.8) is 0 Å². The Balaban J connectivity index is 1.48. The minimum absolute atomic E-state index is 0.134. The standard InChI is InChI=1S/C24H17NO5/c1-30-24(29)18-12-10-17(11-13-18)21(26)16-8-6-15(7-9-16)14-25-22(27)19-4-2-3-5-20(19)23(25)28/h2-13H,14H2,1H3. The van der Waals surface area contributed by atoms with Crippen molar-refractivity contribution in [2.24, 2.45) is 0 Å². The van der Waals surface area contributed by atoms with E-state index in [1.165, 1.54) is 24.1 Å². The molecule has 6 heteroatoms. The van der Waals surface area contributed by atoms with Crippen molar-refractivity contribution >= 4 is 23.6 Å². The number of imide groups is 1. The second-order valence-corrected chi connectivity index (χ2v) is 6.84. The maximum Gasteiger partial charge on any atom is 0.337 e. The highest BCUT2D eigenvalue weighted by Crippen LogP contribution is 2.24. The summed E-state index contributed by atoms with van der Waals surface area (Å²) in [6.45, 7) is 0.134. The number of amides is 2. The molecule has 0 N–H and O–H groups in total. The predicted molar refractivity (Wildman–Crippen MR) is 108 cm³/mol. The number of methoxy groups -OCH3 is 1. The second kappa shape index (κ2) is 7.75. The quantitative estimate of drug-likeness (QED) is 0.373. The number of nitrogens with zero attached hydrogens (tertiary/aromatic N) is 1. The highest BCUT2D eigenvalue weighted by molar-refractivity contribution is 6.21. The van der Waals surface area contributed by atoms with E-state index in [2.05, 4.69) is 4.74 Å². The number of ketones is 1. The van der Waals surface area contributed by atoms with Crippen LogP contribution in [-0.4, -0.2) is 35.6 Å². The number of carbonyl (C=O) groups excluding carboxylic acids is 4. The Morgan fingerprint density at radius 3 is 1.70 bits per heavy atom. The summed E-state index contributed by atoms with van der Waals surface area (Å²) < 4.78 is 4.65. The van der Waals surface area contributed by atoms with Gasteiger partial charge in [-0.05, 0) is 29.8 Å². The summed E-state index contributed by atoms with van der Waals surface area (Å²) in [6.07, 6.45) is 0. The van der Waals surface area contributed by atoms with E-state index in [1.54, 1.807) is 60.7 Å². The third-order valence-corrected chi connectivity index (χ3v) is 5.00. The van der Waals surface area contributed by atoms with Gasteiger partial charge in [-0.1, -0.05) is 48.5 Å². The fourth-order valence-electron chi connectivity index (χ4n) is 3.37. The number of rotatable bonds is 5. The molecule has 0 atom stereocenters. The zero-order chi connectivity index (χ0) is 21.3. The zero-order valence-electron chi connectivity index (χ0n) is 16.1. The van der Waals surface area contributed by atoms with Crippen molar-refractivity contribution in [3.8, 4) is 0 Å². The van der Waals surface area contributed by atoms with Crippen molar-refractivity contribution in [2.45, 2.75) is 6.54 Å². The first-order valence-corrected chi connectivity index (χ1v) is 9.27. The SMILES string of the molecule is COC(=O)c1ccc(C(=O)c2ccc(CN3C(=O)c4ccccc4C3=O)cc2)cc1. The van der Waals surface area contributed by atoms with Crippen molar-refractivity contribution in [1.29, 1.82) is 0 Å².